The van der Waals surface area contributed by atoms with Crippen LogP contribution in [0, 0.1) is 0 Å². The molecule has 0 bridgehead atoms. The molecule has 0 heterocycles. The molecule has 1 N–H and O–H groups in total. The zero-order valence-electron chi connectivity index (χ0n) is 16.6. The lowest BCUT2D eigenvalue weighted by Crippen LogP contribution is -2.39. The van der Waals surface area contributed by atoms with E-state index in [0.29, 0.717) is 10.7 Å². The molecule has 0 aliphatic rings. The Morgan fingerprint density at radius 3 is 2.29 bits per heavy atom. The van der Waals surface area contributed by atoms with E-state index in [1.807, 2.05) is 30.5 Å². The molecule has 3 aromatic rings. The van der Waals surface area contributed by atoms with Crippen molar-refractivity contribution in [3.63, 3.8) is 0 Å². The summed E-state index contributed by atoms with van der Waals surface area (Å²) >= 11 is 7.56. The molecule has 3 rings (SSSR count). The van der Waals surface area contributed by atoms with Gasteiger partial charge in [0.05, 0.1) is 16.8 Å². The Hall–Kier alpha value is -2.81. The molecular weight excluding hydrogens is 454 g/mol. The van der Waals surface area contributed by atoms with Crippen molar-refractivity contribution >= 4 is 51.2 Å². The molecule has 3 aromatic carbocycles. The molecule has 6 nitrogen and oxygen atoms in total. The zero-order valence-corrected chi connectivity index (χ0v) is 19.0. The van der Waals surface area contributed by atoms with Gasteiger partial charge in [0.2, 0.25) is 0 Å². The van der Waals surface area contributed by atoms with E-state index in [2.05, 4.69) is 10.5 Å². The van der Waals surface area contributed by atoms with Crippen LogP contribution in [0.4, 0.5) is 5.69 Å². The molecule has 0 aliphatic heterocycles. The summed E-state index contributed by atoms with van der Waals surface area (Å²) in [6.07, 6.45) is 3.49. The molecule has 160 valence electrons. The maximum absolute atomic E-state index is 13.2. The van der Waals surface area contributed by atoms with E-state index in [-0.39, 0.29) is 4.90 Å². The predicted molar refractivity (Wildman–Crippen MR) is 126 cm³/mol. The highest BCUT2D eigenvalue weighted by Gasteiger charge is 2.27. The highest BCUT2D eigenvalue weighted by molar-refractivity contribution is 7.98. The summed E-state index contributed by atoms with van der Waals surface area (Å²) in [5, 5.41) is 4.40. The van der Waals surface area contributed by atoms with Crippen LogP contribution in [0.15, 0.2) is 93.8 Å². The summed E-state index contributed by atoms with van der Waals surface area (Å²) < 4.78 is 27.4. The van der Waals surface area contributed by atoms with Gasteiger partial charge in [-0.2, -0.15) is 5.10 Å². The van der Waals surface area contributed by atoms with Gasteiger partial charge < -0.3 is 0 Å². The number of sulfonamides is 1. The van der Waals surface area contributed by atoms with E-state index in [1.165, 1.54) is 18.3 Å². The molecule has 0 radical (unpaired) electrons. The number of halogens is 1. The number of hydrazone groups is 1. The normalized spacial score (nSPS) is 11.4. The summed E-state index contributed by atoms with van der Waals surface area (Å²) in [6, 6.07) is 21.8. The van der Waals surface area contributed by atoms with E-state index in [9.17, 15) is 13.2 Å². The quantitative estimate of drug-likeness (QED) is 0.298. The Morgan fingerprint density at radius 1 is 1.03 bits per heavy atom. The second kappa shape index (κ2) is 10.5. The molecule has 31 heavy (non-hydrogen) atoms. The largest absolute Gasteiger partial charge is 0.271 e. The molecule has 0 saturated heterocycles. The molecule has 0 spiro atoms. The smallest absolute Gasteiger partial charge is 0.264 e. The Labute approximate surface area is 191 Å². The van der Waals surface area contributed by atoms with Gasteiger partial charge in [-0.05, 0) is 60.4 Å². The van der Waals surface area contributed by atoms with Crippen LogP contribution in [-0.2, 0) is 14.8 Å². The van der Waals surface area contributed by atoms with Gasteiger partial charge in [0.25, 0.3) is 15.9 Å². The summed E-state index contributed by atoms with van der Waals surface area (Å²) in [6.45, 7) is -0.443. The second-order valence-corrected chi connectivity index (χ2v) is 9.55. The number of rotatable bonds is 8. The number of carbonyl (C=O) groups is 1. The Morgan fingerprint density at radius 2 is 1.68 bits per heavy atom. The summed E-state index contributed by atoms with van der Waals surface area (Å²) in [5.41, 5.74) is 3.52. The van der Waals surface area contributed by atoms with Crippen LogP contribution in [0.1, 0.15) is 5.56 Å². The minimum atomic E-state index is -3.97. The lowest BCUT2D eigenvalue weighted by Gasteiger charge is -2.23. The summed E-state index contributed by atoms with van der Waals surface area (Å²) in [7, 11) is -3.97. The van der Waals surface area contributed by atoms with Gasteiger partial charge in [-0.3, -0.25) is 9.10 Å². The average molecular weight is 474 g/mol. The zero-order chi connectivity index (χ0) is 22.3. The molecule has 0 fully saturated rings. The van der Waals surface area contributed by atoms with Gasteiger partial charge in [-0.25, -0.2) is 13.8 Å². The van der Waals surface area contributed by atoms with Crippen molar-refractivity contribution in [1.29, 1.82) is 0 Å². The standard InChI is InChI=1S/C22H20ClN3O3S2/c1-30-20-13-7-17(8-14-20)15-24-25-22(27)16-26(19-11-9-18(23)10-12-19)31(28,29)21-5-3-2-4-6-21/h2-15H,16H2,1H3,(H,25,27)/b24-15+. The van der Waals surface area contributed by atoms with Crippen LogP contribution in [0.2, 0.25) is 5.02 Å². The number of carbonyl (C=O) groups excluding carboxylic acids is 1. The van der Waals surface area contributed by atoms with Crippen LogP contribution in [0.5, 0.6) is 0 Å². The number of hydrogen-bond donors (Lipinski definition) is 1. The van der Waals surface area contributed by atoms with E-state index >= 15 is 0 Å². The van der Waals surface area contributed by atoms with Gasteiger partial charge in [0.1, 0.15) is 6.54 Å². The highest BCUT2D eigenvalue weighted by atomic mass is 35.5. The maximum atomic E-state index is 13.2. The van der Waals surface area contributed by atoms with Crippen LogP contribution in [-0.4, -0.2) is 33.3 Å². The second-order valence-electron chi connectivity index (χ2n) is 6.37. The fourth-order valence-corrected chi connectivity index (χ4v) is 4.65. The molecule has 9 heteroatoms. The predicted octanol–water partition coefficient (Wildman–Crippen LogP) is 4.41. The Kier molecular flexibility index (Phi) is 7.73. The molecule has 0 aliphatic carbocycles. The van der Waals surface area contributed by atoms with Crippen LogP contribution >= 0.6 is 23.4 Å². The fraction of sp³-hybridized carbons (Fsp3) is 0.0909. The first-order chi connectivity index (χ1) is 14.9. The highest BCUT2D eigenvalue weighted by Crippen LogP contribution is 2.25. The van der Waals surface area contributed by atoms with Crippen molar-refractivity contribution in [2.75, 3.05) is 17.1 Å². The minimum absolute atomic E-state index is 0.0788. The third kappa shape index (κ3) is 6.10. The Balaban J connectivity index is 1.78. The fourth-order valence-electron chi connectivity index (χ4n) is 2.68. The number of nitrogens with zero attached hydrogens (tertiary/aromatic N) is 2. The van der Waals surface area contributed by atoms with E-state index in [4.69, 9.17) is 11.6 Å². The first-order valence-electron chi connectivity index (χ1n) is 9.19. The topological polar surface area (TPSA) is 78.8 Å². The van der Waals surface area contributed by atoms with Crippen LogP contribution < -0.4 is 9.73 Å². The van der Waals surface area contributed by atoms with Crippen molar-refractivity contribution < 1.29 is 13.2 Å². The van der Waals surface area contributed by atoms with Crippen molar-refractivity contribution in [3.8, 4) is 0 Å². The van der Waals surface area contributed by atoms with Gasteiger partial charge in [0, 0.05) is 9.92 Å². The first-order valence-corrected chi connectivity index (χ1v) is 12.2. The maximum Gasteiger partial charge on any atom is 0.264 e. The van der Waals surface area contributed by atoms with Crippen LogP contribution in [0.3, 0.4) is 0 Å². The third-order valence-corrected chi connectivity index (χ3v) is 7.04. The number of anilines is 1. The first kappa shape index (κ1) is 22.9. The van der Waals surface area contributed by atoms with Gasteiger partial charge in [-0.1, -0.05) is 41.9 Å². The van der Waals surface area contributed by atoms with E-state index < -0.39 is 22.5 Å². The molecule has 0 aromatic heterocycles. The number of benzene rings is 3. The molecule has 0 saturated carbocycles. The van der Waals surface area contributed by atoms with Gasteiger partial charge in [-0.15, -0.1) is 11.8 Å². The summed E-state index contributed by atoms with van der Waals surface area (Å²) in [5.74, 6) is -0.577. The lowest BCUT2D eigenvalue weighted by atomic mass is 10.2. The number of thioether (sulfide) groups is 1. The molecule has 1 amide bonds. The van der Waals surface area contributed by atoms with Crippen molar-refractivity contribution in [2.24, 2.45) is 5.10 Å². The number of nitrogens with one attached hydrogen (secondary N) is 1. The van der Waals surface area contributed by atoms with E-state index in [0.717, 1.165) is 14.8 Å². The average Bonchev–Trinajstić information content (AvgIpc) is 2.79. The Bertz CT molecular complexity index is 1150. The molecular formula is C22H20ClN3O3S2. The van der Waals surface area contributed by atoms with Gasteiger partial charge >= 0.3 is 0 Å². The number of hydrogen-bond acceptors (Lipinski definition) is 5. The van der Waals surface area contributed by atoms with Gasteiger partial charge in [0.15, 0.2) is 0 Å². The third-order valence-electron chi connectivity index (χ3n) is 4.25. The van der Waals surface area contributed by atoms with Crippen molar-refractivity contribution in [1.82, 2.24) is 5.43 Å². The SMILES string of the molecule is CSc1ccc(/C=N/NC(=O)CN(c2ccc(Cl)cc2)S(=O)(=O)c2ccccc2)cc1. The van der Waals surface area contributed by atoms with E-state index in [1.54, 1.807) is 54.2 Å². The van der Waals surface area contributed by atoms with Crippen molar-refractivity contribution in [3.05, 3.63) is 89.4 Å². The summed E-state index contributed by atoms with van der Waals surface area (Å²) in [4.78, 5) is 13.7. The molecule has 0 atom stereocenters. The molecule has 0 unspecified atom stereocenters. The monoisotopic (exact) mass is 473 g/mol. The van der Waals surface area contributed by atoms with Crippen molar-refractivity contribution in [2.45, 2.75) is 9.79 Å². The number of amides is 1. The minimum Gasteiger partial charge on any atom is -0.271 e. The lowest BCUT2D eigenvalue weighted by molar-refractivity contribution is -0.119. The van der Waals surface area contributed by atoms with Crippen LogP contribution in [0.25, 0.3) is 0 Å².